The van der Waals surface area contributed by atoms with E-state index in [0.717, 1.165) is 6.42 Å². The number of hydrogen-bond acceptors (Lipinski definition) is 2. The molecule has 2 aromatic rings. The predicted octanol–water partition coefficient (Wildman–Crippen LogP) is 4.15. The van der Waals surface area contributed by atoms with Crippen molar-refractivity contribution in [2.45, 2.75) is 38.9 Å². The number of anilines is 1. The highest BCUT2D eigenvalue weighted by atomic mass is 19.4. The van der Waals surface area contributed by atoms with E-state index in [9.17, 15) is 18.0 Å². The lowest BCUT2D eigenvalue weighted by Gasteiger charge is -2.26. The average Bonchev–Trinajstić information content (AvgIpc) is 2.35. The molecule has 0 bridgehead atoms. The Labute approximate surface area is 120 Å². The number of halogens is 3. The zero-order chi connectivity index (χ0) is 15.8. The molecule has 0 saturated carbocycles. The van der Waals surface area contributed by atoms with Crippen LogP contribution in [0.1, 0.15) is 32.8 Å². The third-order valence-corrected chi connectivity index (χ3v) is 3.52. The van der Waals surface area contributed by atoms with Gasteiger partial charge in [-0.1, -0.05) is 13.0 Å². The van der Waals surface area contributed by atoms with Crippen LogP contribution in [-0.4, -0.2) is 10.5 Å². The summed E-state index contributed by atoms with van der Waals surface area (Å²) in [5.74, 6) is 0. The largest absolute Gasteiger partial charge is 0.417 e. The van der Waals surface area contributed by atoms with E-state index >= 15 is 0 Å². The van der Waals surface area contributed by atoms with Crippen LogP contribution in [0, 0.1) is 0 Å². The van der Waals surface area contributed by atoms with Crippen molar-refractivity contribution in [3.8, 4) is 0 Å². The van der Waals surface area contributed by atoms with Crippen molar-refractivity contribution in [1.29, 1.82) is 0 Å². The number of hydrogen-bond donors (Lipinski definition) is 2. The van der Waals surface area contributed by atoms with Crippen molar-refractivity contribution < 1.29 is 13.2 Å². The maximum atomic E-state index is 13.0. The number of alkyl halides is 3. The van der Waals surface area contributed by atoms with Gasteiger partial charge < -0.3 is 10.3 Å². The highest BCUT2D eigenvalue weighted by molar-refractivity contribution is 5.85. The Morgan fingerprint density at radius 3 is 2.43 bits per heavy atom. The standard InChI is InChI=1S/C15H17F3N2O/c1-4-14(2,3)20-9-5-6-10-11(15(16,17)18)8-13(21)19-12(10)7-9/h5-8,20H,4H2,1-3H3,(H,19,21). The number of H-pyrrole nitrogens is 1. The Bertz CT molecular complexity index is 717. The SMILES string of the molecule is CCC(C)(C)Nc1ccc2c(C(F)(F)F)cc(=O)[nH]c2c1. The normalized spacial score (nSPS) is 12.7. The number of aromatic nitrogens is 1. The number of benzene rings is 1. The highest BCUT2D eigenvalue weighted by Gasteiger charge is 2.33. The van der Waals surface area contributed by atoms with E-state index in [2.05, 4.69) is 10.3 Å². The molecule has 0 saturated heterocycles. The predicted molar refractivity (Wildman–Crippen MR) is 77.6 cm³/mol. The minimum absolute atomic E-state index is 0.0121. The summed E-state index contributed by atoms with van der Waals surface area (Å²) in [5, 5.41) is 3.22. The molecule has 6 heteroatoms. The third-order valence-electron chi connectivity index (χ3n) is 3.52. The van der Waals surface area contributed by atoms with Gasteiger partial charge in [-0.2, -0.15) is 13.2 Å². The lowest BCUT2D eigenvalue weighted by molar-refractivity contribution is -0.136. The van der Waals surface area contributed by atoms with Crippen LogP contribution in [0.2, 0.25) is 0 Å². The van der Waals surface area contributed by atoms with E-state index < -0.39 is 17.3 Å². The minimum atomic E-state index is -4.55. The van der Waals surface area contributed by atoms with Gasteiger partial charge in [0.25, 0.3) is 0 Å². The summed E-state index contributed by atoms with van der Waals surface area (Å²) in [6.07, 6.45) is -3.70. The molecule has 1 heterocycles. The molecule has 1 aromatic heterocycles. The molecule has 3 nitrogen and oxygen atoms in total. The topological polar surface area (TPSA) is 44.9 Å². The molecular weight excluding hydrogens is 281 g/mol. The fourth-order valence-corrected chi connectivity index (χ4v) is 2.05. The van der Waals surface area contributed by atoms with E-state index in [1.165, 1.54) is 12.1 Å². The maximum absolute atomic E-state index is 13.0. The Balaban J connectivity index is 2.57. The second-order valence-electron chi connectivity index (χ2n) is 5.67. The third kappa shape index (κ3) is 3.37. The second-order valence-corrected chi connectivity index (χ2v) is 5.67. The number of pyridine rings is 1. The molecule has 0 radical (unpaired) electrons. The first-order valence-electron chi connectivity index (χ1n) is 6.65. The Kier molecular flexibility index (Phi) is 3.74. The summed E-state index contributed by atoms with van der Waals surface area (Å²) in [7, 11) is 0. The van der Waals surface area contributed by atoms with E-state index in [1.807, 2.05) is 20.8 Å². The molecule has 0 spiro atoms. The van der Waals surface area contributed by atoms with Crippen LogP contribution < -0.4 is 10.9 Å². The van der Waals surface area contributed by atoms with Crippen molar-refractivity contribution in [1.82, 2.24) is 4.98 Å². The fraction of sp³-hybridized carbons (Fsp3) is 0.400. The molecule has 2 N–H and O–H groups in total. The van der Waals surface area contributed by atoms with Gasteiger partial charge in [-0.3, -0.25) is 4.79 Å². The van der Waals surface area contributed by atoms with Crippen LogP contribution >= 0.6 is 0 Å². The first-order valence-corrected chi connectivity index (χ1v) is 6.65. The van der Waals surface area contributed by atoms with Gasteiger partial charge in [0.2, 0.25) is 5.56 Å². The average molecular weight is 298 g/mol. The quantitative estimate of drug-likeness (QED) is 0.894. The summed E-state index contributed by atoms with van der Waals surface area (Å²) < 4.78 is 38.9. The van der Waals surface area contributed by atoms with E-state index in [4.69, 9.17) is 0 Å². The molecule has 0 fully saturated rings. The Morgan fingerprint density at radius 2 is 1.86 bits per heavy atom. The van der Waals surface area contributed by atoms with Crippen LogP contribution in [-0.2, 0) is 6.18 Å². The number of nitrogens with one attached hydrogen (secondary N) is 2. The summed E-state index contributed by atoms with van der Waals surface area (Å²) in [5.41, 5.74) is -1.02. The molecule has 0 amide bonds. The van der Waals surface area contributed by atoms with Crippen molar-refractivity contribution in [2.75, 3.05) is 5.32 Å². The molecule has 21 heavy (non-hydrogen) atoms. The van der Waals surface area contributed by atoms with Gasteiger partial charge >= 0.3 is 6.18 Å². The van der Waals surface area contributed by atoms with E-state index in [0.29, 0.717) is 11.8 Å². The smallest absolute Gasteiger partial charge is 0.380 e. The minimum Gasteiger partial charge on any atom is -0.380 e. The van der Waals surface area contributed by atoms with Crippen molar-refractivity contribution in [2.24, 2.45) is 0 Å². The number of rotatable bonds is 3. The summed E-state index contributed by atoms with van der Waals surface area (Å²) in [6, 6.07) is 5.09. The Morgan fingerprint density at radius 1 is 1.19 bits per heavy atom. The molecule has 1 aromatic carbocycles. The van der Waals surface area contributed by atoms with Gasteiger partial charge in [0.15, 0.2) is 0 Å². The van der Waals surface area contributed by atoms with Crippen LogP contribution in [0.3, 0.4) is 0 Å². The van der Waals surface area contributed by atoms with Gasteiger partial charge in [0.05, 0.1) is 11.1 Å². The van der Waals surface area contributed by atoms with Crippen LogP contribution in [0.15, 0.2) is 29.1 Å². The molecule has 0 atom stereocenters. The zero-order valence-electron chi connectivity index (χ0n) is 12.1. The van der Waals surface area contributed by atoms with Crippen LogP contribution in [0.5, 0.6) is 0 Å². The zero-order valence-corrected chi connectivity index (χ0v) is 12.1. The lowest BCUT2D eigenvalue weighted by atomic mass is 10.0. The van der Waals surface area contributed by atoms with Crippen molar-refractivity contribution in [3.05, 3.63) is 40.2 Å². The molecule has 0 aliphatic carbocycles. The Hall–Kier alpha value is -1.98. The number of aromatic amines is 1. The van der Waals surface area contributed by atoms with Gasteiger partial charge in [0, 0.05) is 22.7 Å². The maximum Gasteiger partial charge on any atom is 0.417 e. The van der Waals surface area contributed by atoms with Gasteiger partial charge in [-0.25, -0.2) is 0 Å². The van der Waals surface area contributed by atoms with Gasteiger partial charge in [0.1, 0.15) is 0 Å². The van der Waals surface area contributed by atoms with Gasteiger partial charge in [-0.05, 0) is 32.4 Å². The van der Waals surface area contributed by atoms with E-state index in [1.54, 1.807) is 6.07 Å². The molecule has 0 aliphatic heterocycles. The molecule has 0 aliphatic rings. The monoisotopic (exact) mass is 298 g/mol. The molecule has 0 unspecified atom stereocenters. The first-order chi connectivity index (χ1) is 9.62. The number of fused-ring (bicyclic) bond motifs is 1. The molecule has 114 valence electrons. The first kappa shape index (κ1) is 15.4. The van der Waals surface area contributed by atoms with Crippen molar-refractivity contribution in [3.63, 3.8) is 0 Å². The summed E-state index contributed by atoms with van der Waals surface area (Å²) in [4.78, 5) is 13.9. The van der Waals surface area contributed by atoms with Gasteiger partial charge in [-0.15, -0.1) is 0 Å². The van der Waals surface area contributed by atoms with Crippen LogP contribution in [0.25, 0.3) is 10.9 Å². The lowest BCUT2D eigenvalue weighted by Crippen LogP contribution is -2.29. The molecular formula is C15H17F3N2O. The second kappa shape index (κ2) is 5.09. The fourth-order valence-electron chi connectivity index (χ4n) is 2.05. The summed E-state index contributed by atoms with van der Waals surface area (Å²) >= 11 is 0. The van der Waals surface area contributed by atoms with Crippen molar-refractivity contribution >= 4 is 16.6 Å². The van der Waals surface area contributed by atoms with Crippen LogP contribution in [0.4, 0.5) is 18.9 Å². The molecule has 2 rings (SSSR count). The summed E-state index contributed by atoms with van der Waals surface area (Å²) in [6.45, 7) is 6.00. The highest BCUT2D eigenvalue weighted by Crippen LogP contribution is 2.34. The van der Waals surface area contributed by atoms with E-state index in [-0.39, 0.29) is 16.4 Å².